The predicted molar refractivity (Wildman–Crippen MR) is 96.9 cm³/mol. The number of β-amino-alcohol motifs (C(OH)–C–C–N with tert-alkyl or cyclic N) is 1. The first-order chi connectivity index (χ1) is 11.6. The van der Waals surface area contributed by atoms with Crippen molar-refractivity contribution in [3.05, 3.63) is 57.8 Å². The van der Waals surface area contributed by atoms with E-state index in [-0.39, 0.29) is 5.91 Å². The van der Waals surface area contributed by atoms with E-state index >= 15 is 0 Å². The molecular formula is C19H24N2O2S. The highest BCUT2D eigenvalue weighted by Crippen LogP contribution is 2.33. The van der Waals surface area contributed by atoms with Crippen molar-refractivity contribution < 1.29 is 9.90 Å². The van der Waals surface area contributed by atoms with Crippen molar-refractivity contribution in [1.29, 1.82) is 0 Å². The zero-order valence-electron chi connectivity index (χ0n) is 14.0. The molecule has 0 spiro atoms. The van der Waals surface area contributed by atoms with Crippen LogP contribution >= 0.6 is 11.3 Å². The van der Waals surface area contributed by atoms with E-state index in [1.54, 1.807) is 11.3 Å². The standard InChI is InChI=1S/C19H24N2O2S/c1-15-5-2-3-7-17(15)19(23)9-11-21(14-19)10-8-18(22)20-13-16-6-4-12-24-16/h2-7,12,23H,8-11,13-14H2,1H3,(H,20,22). The molecule has 0 radical (unpaired) electrons. The number of nitrogens with one attached hydrogen (secondary N) is 1. The maximum absolute atomic E-state index is 12.0. The molecule has 24 heavy (non-hydrogen) atoms. The summed E-state index contributed by atoms with van der Waals surface area (Å²) in [6.45, 7) is 4.74. The van der Waals surface area contributed by atoms with E-state index in [0.717, 1.165) is 17.7 Å². The van der Waals surface area contributed by atoms with E-state index in [1.165, 1.54) is 4.88 Å². The summed E-state index contributed by atoms with van der Waals surface area (Å²) >= 11 is 1.65. The Hall–Kier alpha value is -1.69. The molecule has 4 nitrogen and oxygen atoms in total. The zero-order chi connectivity index (χ0) is 17.0. The minimum Gasteiger partial charge on any atom is -0.384 e. The van der Waals surface area contributed by atoms with Crippen LogP contribution in [-0.4, -0.2) is 35.5 Å². The third-order valence-corrected chi connectivity index (χ3v) is 5.54. The van der Waals surface area contributed by atoms with Crippen LogP contribution in [0.5, 0.6) is 0 Å². The minimum atomic E-state index is -0.793. The Morgan fingerprint density at radius 1 is 1.33 bits per heavy atom. The average molecular weight is 344 g/mol. The molecule has 0 saturated carbocycles. The number of nitrogens with zero attached hydrogens (tertiary/aromatic N) is 1. The van der Waals surface area contributed by atoms with Crippen molar-refractivity contribution in [3.63, 3.8) is 0 Å². The number of carbonyl (C=O) groups is 1. The number of aliphatic hydroxyl groups is 1. The van der Waals surface area contributed by atoms with Crippen LogP contribution < -0.4 is 5.32 Å². The summed E-state index contributed by atoms with van der Waals surface area (Å²) in [4.78, 5) is 15.3. The third-order valence-electron chi connectivity index (χ3n) is 4.67. The van der Waals surface area contributed by atoms with Gasteiger partial charge in [-0.15, -0.1) is 11.3 Å². The average Bonchev–Trinajstić information content (AvgIpc) is 3.22. The van der Waals surface area contributed by atoms with E-state index in [1.807, 2.05) is 48.7 Å². The van der Waals surface area contributed by atoms with Crippen molar-refractivity contribution in [2.45, 2.75) is 31.9 Å². The number of benzene rings is 1. The molecular weight excluding hydrogens is 320 g/mol. The first kappa shape index (κ1) is 17.1. The van der Waals surface area contributed by atoms with Gasteiger partial charge in [0, 0.05) is 30.9 Å². The number of thiophene rings is 1. The molecule has 1 aromatic carbocycles. The van der Waals surface area contributed by atoms with Crippen molar-refractivity contribution >= 4 is 17.2 Å². The second kappa shape index (κ2) is 7.47. The molecule has 2 N–H and O–H groups in total. The molecule has 1 atom stereocenters. The van der Waals surface area contributed by atoms with E-state index in [4.69, 9.17) is 0 Å². The first-order valence-corrected chi connectivity index (χ1v) is 9.25. The van der Waals surface area contributed by atoms with Crippen LogP contribution in [0.25, 0.3) is 0 Å². The fourth-order valence-corrected chi connectivity index (χ4v) is 3.97. The SMILES string of the molecule is Cc1ccccc1C1(O)CCN(CCC(=O)NCc2cccs2)C1. The Morgan fingerprint density at radius 2 is 2.17 bits per heavy atom. The highest BCUT2D eigenvalue weighted by Gasteiger charge is 2.38. The summed E-state index contributed by atoms with van der Waals surface area (Å²) in [5, 5.41) is 15.9. The molecule has 1 saturated heterocycles. The van der Waals surface area contributed by atoms with Crippen LogP contribution in [0, 0.1) is 6.92 Å². The summed E-state index contributed by atoms with van der Waals surface area (Å²) < 4.78 is 0. The lowest BCUT2D eigenvalue weighted by atomic mass is 9.89. The predicted octanol–water partition coefficient (Wildman–Crippen LogP) is 2.66. The largest absolute Gasteiger partial charge is 0.384 e. The first-order valence-electron chi connectivity index (χ1n) is 8.37. The summed E-state index contributed by atoms with van der Waals surface area (Å²) in [5.41, 5.74) is 1.34. The molecule has 1 aromatic heterocycles. The number of hydrogen-bond acceptors (Lipinski definition) is 4. The van der Waals surface area contributed by atoms with E-state index < -0.39 is 5.60 Å². The maximum atomic E-state index is 12.0. The second-order valence-corrected chi connectivity index (χ2v) is 7.51. The molecule has 2 aromatic rings. The lowest BCUT2D eigenvalue weighted by Gasteiger charge is -2.25. The number of amides is 1. The van der Waals surface area contributed by atoms with Crippen LogP contribution in [0.4, 0.5) is 0 Å². The lowest BCUT2D eigenvalue weighted by Crippen LogP contribution is -2.33. The van der Waals surface area contributed by atoms with Gasteiger partial charge in [0.1, 0.15) is 5.60 Å². The zero-order valence-corrected chi connectivity index (χ0v) is 14.8. The highest BCUT2D eigenvalue weighted by molar-refractivity contribution is 7.09. The van der Waals surface area contributed by atoms with Crippen LogP contribution in [0.15, 0.2) is 41.8 Å². The van der Waals surface area contributed by atoms with Crippen LogP contribution in [0.2, 0.25) is 0 Å². The van der Waals surface area contributed by atoms with Crippen LogP contribution in [-0.2, 0) is 16.9 Å². The topological polar surface area (TPSA) is 52.6 Å². The quantitative estimate of drug-likeness (QED) is 0.847. The fraction of sp³-hybridized carbons (Fsp3) is 0.421. The molecule has 1 fully saturated rings. The number of hydrogen-bond donors (Lipinski definition) is 2. The van der Waals surface area contributed by atoms with Gasteiger partial charge in [-0.2, -0.15) is 0 Å². The van der Waals surface area contributed by atoms with Gasteiger partial charge in [0.15, 0.2) is 0 Å². The van der Waals surface area contributed by atoms with Gasteiger partial charge in [0.05, 0.1) is 6.54 Å². The Bertz CT molecular complexity index is 686. The van der Waals surface area contributed by atoms with Gasteiger partial charge in [-0.3, -0.25) is 9.69 Å². The molecule has 3 rings (SSSR count). The molecule has 5 heteroatoms. The van der Waals surface area contributed by atoms with Gasteiger partial charge < -0.3 is 10.4 Å². The van der Waals surface area contributed by atoms with Gasteiger partial charge in [0.2, 0.25) is 5.91 Å². The van der Waals surface area contributed by atoms with Crippen LogP contribution in [0.1, 0.15) is 28.8 Å². The van der Waals surface area contributed by atoms with Crippen molar-refractivity contribution in [1.82, 2.24) is 10.2 Å². The minimum absolute atomic E-state index is 0.0646. The van der Waals surface area contributed by atoms with Gasteiger partial charge in [-0.05, 0) is 35.9 Å². The summed E-state index contributed by atoms with van der Waals surface area (Å²) in [5.74, 6) is 0.0646. The van der Waals surface area contributed by atoms with Gasteiger partial charge in [0.25, 0.3) is 0 Å². The monoisotopic (exact) mass is 344 g/mol. The Morgan fingerprint density at radius 3 is 2.92 bits per heavy atom. The number of rotatable bonds is 6. The third kappa shape index (κ3) is 4.04. The fourth-order valence-electron chi connectivity index (χ4n) is 3.32. The maximum Gasteiger partial charge on any atom is 0.221 e. The molecule has 1 aliphatic heterocycles. The lowest BCUT2D eigenvalue weighted by molar-refractivity contribution is -0.121. The van der Waals surface area contributed by atoms with Crippen molar-refractivity contribution in [2.75, 3.05) is 19.6 Å². The molecule has 0 aliphatic carbocycles. The number of likely N-dealkylation sites (tertiary alicyclic amines) is 1. The molecule has 1 aliphatic rings. The summed E-state index contributed by atoms with van der Waals surface area (Å²) in [6.07, 6.45) is 1.18. The molecule has 1 amide bonds. The molecule has 128 valence electrons. The molecule has 2 heterocycles. The Kier molecular flexibility index (Phi) is 5.33. The van der Waals surface area contributed by atoms with Crippen LogP contribution in [0.3, 0.4) is 0 Å². The van der Waals surface area contributed by atoms with Gasteiger partial charge in [-0.25, -0.2) is 0 Å². The molecule has 0 bridgehead atoms. The number of carbonyl (C=O) groups excluding carboxylic acids is 1. The van der Waals surface area contributed by atoms with Crippen molar-refractivity contribution in [3.8, 4) is 0 Å². The Balaban J connectivity index is 1.47. The number of aryl methyl sites for hydroxylation is 1. The van der Waals surface area contributed by atoms with E-state index in [2.05, 4.69) is 10.2 Å². The Labute approximate surface area is 147 Å². The second-order valence-electron chi connectivity index (χ2n) is 6.48. The van der Waals surface area contributed by atoms with E-state index in [9.17, 15) is 9.90 Å². The smallest absolute Gasteiger partial charge is 0.221 e. The normalized spacial score (nSPS) is 21.1. The molecule has 1 unspecified atom stereocenters. The van der Waals surface area contributed by atoms with Gasteiger partial charge >= 0.3 is 0 Å². The summed E-state index contributed by atoms with van der Waals surface area (Å²) in [7, 11) is 0. The highest BCUT2D eigenvalue weighted by atomic mass is 32.1. The van der Waals surface area contributed by atoms with E-state index in [0.29, 0.717) is 32.5 Å². The van der Waals surface area contributed by atoms with Crippen molar-refractivity contribution in [2.24, 2.45) is 0 Å². The summed E-state index contributed by atoms with van der Waals surface area (Å²) in [6, 6.07) is 12.0. The van der Waals surface area contributed by atoms with Gasteiger partial charge in [-0.1, -0.05) is 30.3 Å².